The van der Waals surface area contributed by atoms with Crippen LogP contribution in [0.2, 0.25) is 0 Å². The summed E-state index contributed by atoms with van der Waals surface area (Å²) in [4.78, 5) is 11.8. The molecule has 0 bridgehead atoms. The molecule has 0 aliphatic heterocycles. The van der Waals surface area contributed by atoms with Gasteiger partial charge in [-0.3, -0.25) is 4.79 Å². The highest BCUT2D eigenvalue weighted by Crippen LogP contribution is 2.28. The van der Waals surface area contributed by atoms with Gasteiger partial charge in [-0.25, -0.2) is 0 Å². The van der Waals surface area contributed by atoms with Crippen LogP contribution in [-0.2, 0) is 17.6 Å². The second-order valence-electron chi connectivity index (χ2n) is 5.33. The summed E-state index contributed by atoms with van der Waals surface area (Å²) in [6.45, 7) is 5.68. The Morgan fingerprint density at radius 1 is 1.08 bits per heavy atom. The number of ether oxygens (including phenoxy) is 2. The summed E-state index contributed by atoms with van der Waals surface area (Å²) in [5, 5.41) is 2.93. The van der Waals surface area contributed by atoms with Crippen LogP contribution >= 0.6 is 0 Å². The fraction of sp³-hybridized carbons (Fsp3) is 0.421. The average molecular weight is 331 g/mol. The van der Waals surface area contributed by atoms with Gasteiger partial charge < -0.3 is 19.2 Å². The number of amides is 1. The molecule has 1 amide bonds. The third kappa shape index (κ3) is 5.65. The van der Waals surface area contributed by atoms with Crippen LogP contribution in [-0.4, -0.2) is 25.7 Å². The number of aryl methyl sites for hydroxylation is 1. The van der Waals surface area contributed by atoms with Crippen LogP contribution in [0.5, 0.6) is 11.5 Å². The van der Waals surface area contributed by atoms with Crippen LogP contribution in [0.1, 0.15) is 31.6 Å². The monoisotopic (exact) mass is 331 g/mol. The Hall–Kier alpha value is -2.43. The van der Waals surface area contributed by atoms with Crippen molar-refractivity contribution < 1.29 is 18.7 Å². The number of furan rings is 1. The van der Waals surface area contributed by atoms with E-state index >= 15 is 0 Å². The van der Waals surface area contributed by atoms with Crippen molar-refractivity contribution in [3.63, 3.8) is 0 Å². The molecule has 1 heterocycles. The number of nitrogens with one attached hydrogen (secondary N) is 1. The van der Waals surface area contributed by atoms with Crippen LogP contribution < -0.4 is 14.8 Å². The van der Waals surface area contributed by atoms with Gasteiger partial charge in [0.25, 0.3) is 0 Å². The van der Waals surface area contributed by atoms with Crippen LogP contribution in [0.3, 0.4) is 0 Å². The maximum Gasteiger partial charge on any atom is 0.220 e. The summed E-state index contributed by atoms with van der Waals surface area (Å²) in [6.07, 6.45) is 3.42. The molecule has 0 aliphatic rings. The maximum atomic E-state index is 11.8. The van der Waals surface area contributed by atoms with Crippen molar-refractivity contribution in [1.29, 1.82) is 0 Å². The van der Waals surface area contributed by atoms with Gasteiger partial charge in [-0.1, -0.05) is 6.07 Å². The van der Waals surface area contributed by atoms with E-state index in [1.54, 1.807) is 6.26 Å². The van der Waals surface area contributed by atoms with E-state index in [1.165, 1.54) is 0 Å². The van der Waals surface area contributed by atoms with E-state index in [0.717, 1.165) is 29.2 Å². The van der Waals surface area contributed by atoms with Gasteiger partial charge in [-0.15, -0.1) is 0 Å². The largest absolute Gasteiger partial charge is 0.490 e. The highest BCUT2D eigenvalue weighted by atomic mass is 16.5. The van der Waals surface area contributed by atoms with E-state index in [4.69, 9.17) is 13.9 Å². The molecule has 1 aromatic carbocycles. The molecule has 1 N–H and O–H groups in total. The minimum atomic E-state index is 0.0300. The van der Waals surface area contributed by atoms with E-state index in [2.05, 4.69) is 5.32 Å². The highest BCUT2D eigenvalue weighted by Gasteiger charge is 2.07. The molecular formula is C19H25NO4. The van der Waals surface area contributed by atoms with Gasteiger partial charge in [0.15, 0.2) is 11.5 Å². The number of carbonyl (C=O) groups excluding carboxylic acids is 1. The predicted octanol–water partition coefficient (Wildman–Crippen LogP) is 3.37. The van der Waals surface area contributed by atoms with Crippen molar-refractivity contribution in [2.24, 2.45) is 0 Å². The van der Waals surface area contributed by atoms with Gasteiger partial charge in [0.1, 0.15) is 5.76 Å². The quantitative estimate of drug-likeness (QED) is 0.725. The number of rotatable bonds is 10. The molecule has 2 rings (SSSR count). The van der Waals surface area contributed by atoms with Gasteiger partial charge in [0.2, 0.25) is 5.91 Å². The molecule has 24 heavy (non-hydrogen) atoms. The van der Waals surface area contributed by atoms with Crippen LogP contribution in [0, 0.1) is 0 Å². The fourth-order valence-electron chi connectivity index (χ4n) is 2.38. The van der Waals surface area contributed by atoms with Gasteiger partial charge in [0.05, 0.1) is 19.5 Å². The Morgan fingerprint density at radius 2 is 1.88 bits per heavy atom. The first-order chi connectivity index (χ1) is 11.7. The normalized spacial score (nSPS) is 10.4. The van der Waals surface area contributed by atoms with Crippen LogP contribution in [0.25, 0.3) is 0 Å². The molecule has 0 saturated heterocycles. The second kappa shape index (κ2) is 9.65. The summed E-state index contributed by atoms with van der Waals surface area (Å²) >= 11 is 0. The lowest BCUT2D eigenvalue weighted by molar-refractivity contribution is -0.121. The third-order valence-corrected chi connectivity index (χ3v) is 3.52. The standard InChI is InChI=1S/C19H25NO4/c1-3-22-17-9-7-15(14-18(17)23-4-2)11-12-20-19(21)10-8-16-6-5-13-24-16/h5-7,9,13-14H,3-4,8,10-12H2,1-2H3,(H,20,21). The topological polar surface area (TPSA) is 60.7 Å². The molecule has 0 radical (unpaired) electrons. The Balaban J connectivity index is 1.78. The Kier molecular flexibility index (Phi) is 7.21. The zero-order valence-electron chi connectivity index (χ0n) is 14.3. The molecule has 5 nitrogen and oxygen atoms in total. The lowest BCUT2D eigenvalue weighted by Crippen LogP contribution is -2.25. The Labute approximate surface area is 143 Å². The van der Waals surface area contributed by atoms with E-state index < -0.39 is 0 Å². The molecule has 2 aromatic rings. The second-order valence-corrected chi connectivity index (χ2v) is 5.33. The number of benzene rings is 1. The van der Waals surface area contributed by atoms with E-state index in [9.17, 15) is 4.79 Å². The van der Waals surface area contributed by atoms with Gasteiger partial charge in [0, 0.05) is 19.4 Å². The smallest absolute Gasteiger partial charge is 0.220 e. The Morgan fingerprint density at radius 3 is 2.58 bits per heavy atom. The lowest BCUT2D eigenvalue weighted by Gasteiger charge is -2.12. The zero-order valence-corrected chi connectivity index (χ0v) is 14.3. The van der Waals surface area contributed by atoms with Crippen LogP contribution in [0.4, 0.5) is 0 Å². The van der Waals surface area contributed by atoms with Crippen molar-refractivity contribution >= 4 is 5.91 Å². The van der Waals surface area contributed by atoms with Crippen molar-refractivity contribution in [1.82, 2.24) is 5.32 Å². The first kappa shape index (κ1) is 17.9. The van der Waals surface area contributed by atoms with Crippen molar-refractivity contribution in [2.45, 2.75) is 33.1 Å². The van der Waals surface area contributed by atoms with Crippen molar-refractivity contribution in [2.75, 3.05) is 19.8 Å². The first-order valence-corrected chi connectivity index (χ1v) is 8.40. The summed E-state index contributed by atoms with van der Waals surface area (Å²) in [6, 6.07) is 9.60. The maximum absolute atomic E-state index is 11.8. The fourth-order valence-corrected chi connectivity index (χ4v) is 2.38. The molecule has 0 atom stereocenters. The number of carbonyl (C=O) groups is 1. The van der Waals surface area contributed by atoms with E-state index in [1.807, 2.05) is 44.2 Å². The minimum absolute atomic E-state index is 0.0300. The SMILES string of the molecule is CCOc1ccc(CCNC(=O)CCc2ccco2)cc1OCC. The Bertz CT molecular complexity index is 622. The van der Waals surface area contributed by atoms with E-state index in [-0.39, 0.29) is 5.91 Å². The molecule has 0 fully saturated rings. The molecule has 0 spiro atoms. The minimum Gasteiger partial charge on any atom is -0.490 e. The lowest BCUT2D eigenvalue weighted by atomic mass is 10.1. The van der Waals surface area contributed by atoms with Gasteiger partial charge >= 0.3 is 0 Å². The molecule has 5 heteroatoms. The molecule has 0 saturated carbocycles. The average Bonchev–Trinajstić information content (AvgIpc) is 3.09. The van der Waals surface area contributed by atoms with Gasteiger partial charge in [-0.2, -0.15) is 0 Å². The summed E-state index contributed by atoms with van der Waals surface area (Å²) < 4.78 is 16.4. The zero-order chi connectivity index (χ0) is 17.2. The number of hydrogen-bond donors (Lipinski definition) is 1. The van der Waals surface area contributed by atoms with E-state index in [0.29, 0.717) is 32.6 Å². The molecular weight excluding hydrogens is 306 g/mol. The molecule has 130 valence electrons. The molecule has 0 aliphatic carbocycles. The predicted molar refractivity (Wildman–Crippen MR) is 92.5 cm³/mol. The molecule has 0 unspecified atom stereocenters. The molecule has 1 aromatic heterocycles. The van der Waals surface area contributed by atoms with Crippen molar-refractivity contribution in [3.05, 3.63) is 47.9 Å². The number of hydrogen-bond acceptors (Lipinski definition) is 4. The van der Waals surface area contributed by atoms with Crippen LogP contribution in [0.15, 0.2) is 41.0 Å². The summed E-state index contributed by atoms with van der Waals surface area (Å²) in [5.41, 5.74) is 1.10. The van der Waals surface area contributed by atoms with Gasteiger partial charge in [-0.05, 0) is 50.1 Å². The highest BCUT2D eigenvalue weighted by molar-refractivity contribution is 5.76. The summed E-state index contributed by atoms with van der Waals surface area (Å²) in [5.74, 6) is 2.37. The first-order valence-electron chi connectivity index (χ1n) is 8.40. The third-order valence-electron chi connectivity index (χ3n) is 3.52. The summed E-state index contributed by atoms with van der Waals surface area (Å²) in [7, 11) is 0. The van der Waals surface area contributed by atoms with Crippen molar-refractivity contribution in [3.8, 4) is 11.5 Å².